The van der Waals surface area contributed by atoms with Gasteiger partial charge in [-0.25, -0.2) is 8.78 Å². The molecule has 0 aliphatic rings. The molecule has 0 unspecified atom stereocenters. The molecule has 7 heteroatoms. The summed E-state index contributed by atoms with van der Waals surface area (Å²) in [5.74, 6) is -1.63. The van der Waals surface area contributed by atoms with Gasteiger partial charge in [0, 0.05) is 17.7 Å². The minimum absolute atomic E-state index is 0.0369. The zero-order valence-corrected chi connectivity index (χ0v) is 10.6. The number of anilines is 1. The molecular weight excluding hydrogens is 280 g/mol. The van der Waals surface area contributed by atoms with Crippen LogP contribution in [0, 0.1) is 11.6 Å². The molecular formula is C14H9F2N3O2. The Bertz CT molecular complexity index is 871. The molecule has 0 fully saturated rings. The zero-order valence-electron chi connectivity index (χ0n) is 10.6. The van der Waals surface area contributed by atoms with E-state index in [4.69, 9.17) is 10.3 Å². The van der Waals surface area contributed by atoms with Crippen LogP contribution in [0.25, 0.3) is 22.5 Å². The van der Waals surface area contributed by atoms with Gasteiger partial charge in [-0.3, -0.25) is 4.79 Å². The predicted molar refractivity (Wildman–Crippen MR) is 72.3 cm³/mol. The van der Waals surface area contributed by atoms with Gasteiger partial charge in [-0.05, 0) is 18.2 Å². The second kappa shape index (κ2) is 4.86. The number of aromatic amines is 1. The summed E-state index contributed by atoms with van der Waals surface area (Å²) in [4.78, 5) is 13.9. The van der Waals surface area contributed by atoms with E-state index >= 15 is 0 Å². The molecule has 0 aliphatic carbocycles. The third-order valence-corrected chi connectivity index (χ3v) is 2.94. The van der Waals surface area contributed by atoms with Crippen molar-refractivity contribution in [2.75, 3.05) is 5.73 Å². The van der Waals surface area contributed by atoms with E-state index in [1.807, 2.05) is 0 Å². The summed E-state index contributed by atoms with van der Waals surface area (Å²) in [6.45, 7) is 0. The Balaban J connectivity index is 2.24. The van der Waals surface area contributed by atoms with Crippen molar-refractivity contribution in [1.82, 2.24) is 10.1 Å². The van der Waals surface area contributed by atoms with Crippen LogP contribution in [0.5, 0.6) is 0 Å². The van der Waals surface area contributed by atoms with Crippen LogP contribution in [0.3, 0.4) is 0 Å². The number of nitrogens with zero attached hydrogens (tertiary/aromatic N) is 1. The van der Waals surface area contributed by atoms with E-state index in [0.717, 1.165) is 12.1 Å². The highest BCUT2D eigenvalue weighted by Gasteiger charge is 2.21. The highest BCUT2D eigenvalue weighted by Crippen LogP contribution is 2.36. The summed E-state index contributed by atoms with van der Waals surface area (Å²) in [5.41, 5.74) is 6.02. The third kappa shape index (κ3) is 2.29. The van der Waals surface area contributed by atoms with Crippen molar-refractivity contribution in [3.05, 3.63) is 58.4 Å². The number of benzene rings is 1. The first-order valence-electron chi connectivity index (χ1n) is 5.96. The van der Waals surface area contributed by atoms with Crippen molar-refractivity contribution in [3.63, 3.8) is 0 Å². The monoisotopic (exact) mass is 289 g/mol. The fourth-order valence-corrected chi connectivity index (χ4v) is 2.03. The normalized spacial score (nSPS) is 10.8. The van der Waals surface area contributed by atoms with Crippen LogP contribution in [0.4, 0.5) is 14.7 Å². The standard InChI is InChI=1S/C14H9F2N3O2/c15-7-4-5-8(9(16)6-7)12-13(19-21-14(12)17)10-2-1-3-11(20)18-10/h1-6H,17H2,(H,18,20). The summed E-state index contributed by atoms with van der Waals surface area (Å²) in [6.07, 6.45) is 0. The molecule has 0 aliphatic heterocycles. The Morgan fingerprint density at radius 2 is 2.00 bits per heavy atom. The molecule has 106 valence electrons. The average molecular weight is 289 g/mol. The summed E-state index contributed by atoms with van der Waals surface area (Å²) in [7, 11) is 0. The maximum absolute atomic E-state index is 13.9. The van der Waals surface area contributed by atoms with Gasteiger partial charge in [-0.15, -0.1) is 0 Å². The molecule has 3 aromatic rings. The molecule has 0 atom stereocenters. The summed E-state index contributed by atoms with van der Waals surface area (Å²) in [6, 6.07) is 7.48. The largest absolute Gasteiger partial charge is 0.367 e. The van der Waals surface area contributed by atoms with Crippen LogP contribution in [-0.4, -0.2) is 10.1 Å². The molecule has 0 spiro atoms. The van der Waals surface area contributed by atoms with E-state index in [1.165, 1.54) is 18.2 Å². The van der Waals surface area contributed by atoms with Gasteiger partial charge < -0.3 is 15.2 Å². The zero-order chi connectivity index (χ0) is 15.0. The molecule has 21 heavy (non-hydrogen) atoms. The van der Waals surface area contributed by atoms with E-state index in [-0.39, 0.29) is 28.3 Å². The van der Waals surface area contributed by atoms with Gasteiger partial charge in [0.25, 0.3) is 0 Å². The minimum atomic E-state index is -0.801. The van der Waals surface area contributed by atoms with E-state index in [9.17, 15) is 13.6 Å². The first kappa shape index (κ1) is 13.0. The van der Waals surface area contributed by atoms with Crippen LogP contribution in [0.1, 0.15) is 0 Å². The smallest absolute Gasteiger partial charge is 0.248 e. The Morgan fingerprint density at radius 1 is 1.19 bits per heavy atom. The Kier molecular flexibility index (Phi) is 3.02. The summed E-state index contributed by atoms with van der Waals surface area (Å²) < 4.78 is 31.8. The molecule has 5 nitrogen and oxygen atoms in total. The number of pyridine rings is 1. The van der Waals surface area contributed by atoms with Crippen molar-refractivity contribution in [2.24, 2.45) is 0 Å². The fraction of sp³-hybridized carbons (Fsp3) is 0. The number of nitrogens with one attached hydrogen (secondary N) is 1. The first-order valence-corrected chi connectivity index (χ1v) is 5.96. The van der Waals surface area contributed by atoms with Crippen LogP contribution >= 0.6 is 0 Å². The first-order chi connectivity index (χ1) is 10.1. The van der Waals surface area contributed by atoms with Crippen LogP contribution in [-0.2, 0) is 0 Å². The lowest BCUT2D eigenvalue weighted by Gasteiger charge is -2.04. The SMILES string of the molecule is Nc1onc(-c2cccc(=O)[nH]2)c1-c1ccc(F)cc1F. The number of halogens is 2. The van der Waals surface area contributed by atoms with Gasteiger partial charge >= 0.3 is 0 Å². The predicted octanol–water partition coefficient (Wildman–Crippen LogP) is 2.56. The maximum Gasteiger partial charge on any atom is 0.248 e. The lowest BCUT2D eigenvalue weighted by Crippen LogP contribution is -2.04. The van der Waals surface area contributed by atoms with Gasteiger partial charge in [0.05, 0.1) is 11.3 Å². The van der Waals surface area contributed by atoms with Crippen LogP contribution in [0.2, 0.25) is 0 Å². The fourth-order valence-electron chi connectivity index (χ4n) is 2.03. The van der Waals surface area contributed by atoms with Crippen molar-refractivity contribution in [1.29, 1.82) is 0 Å². The number of hydrogen-bond donors (Lipinski definition) is 2. The topological polar surface area (TPSA) is 84.9 Å². The number of hydrogen-bond acceptors (Lipinski definition) is 4. The number of H-pyrrole nitrogens is 1. The molecule has 3 rings (SSSR count). The van der Waals surface area contributed by atoms with Crippen molar-refractivity contribution in [3.8, 4) is 22.5 Å². The van der Waals surface area contributed by atoms with E-state index in [2.05, 4.69) is 10.1 Å². The molecule has 0 radical (unpaired) electrons. The van der Waals surface area contributed by atoms with Crippen LogP contribution in [0.15, 0.2) is 45.7 Å². The highest BCUT2D eigenvalue weighted by atomic mass is 19.1. The van der Waals surface area contributed by atoms with E-state index < -0.39 is 11.6 Å². The van der Waals surface area contributed by atoms with Gasteiger partial charge in [0.1, 0.15) is 17.3 Å². The van der Waals surface area contributed by atoms with E-state index in [0.29, 0.717) is 5.69 Å². The maximum atomic E-state index is 13.9. The van der Waals surface area contributed by atoms with Gasteiger partial charge in [0.2, 0.25) is 11.4 Å². The lowest BCUT2D eigenvalue weighted by atomic mass is 10.0. The molecule has 0 saturated heterocycles. The number of aromatic nitrogens is 2. The van der Waals surface area contributed by atoms with Crippen molar-refractivity contribution in [2.45, 2.75) is 0 Å². The third-order valence-electron chi connectivity index (χ3n) is 2.94. The highest BCUT2D eigenvalue weighted by molar-refractivity contribution is 5.85. The Morgan fingerprint density at radius 3 is 2.71 bits per heavy atom. The molecule has 0 amide bonds. The number of nitrogen functional groups attached to an aromatic ring is 1. The van der Waals surface area contributed by atoms with Crippen molar-refractivity contribution >= 4 is 5.88 Å². The average Bonchev–Trinajstić information content (AvgIpc) is 2.81. The minimum Gasteiger partial charge on any atom is -0.367 e. The second-order valence-corrected chi connectivity index (χ2v) is 4.32. The molecule has 0 bridgehead atoms. The Labute approximate surface area is 117 Å². The van der Waals surface area contributed by atoms with Gasteiger partial charge in [-0.2, -0.15) is 0 Å². The van der Waals surface area contributed by atoms with Crippen molar-refractivity contribution < 1.29 is 13.3 Å². The number of rotatable bonds is 2. The van der Waals surface area contributed by atoms with E-state index in [1.54, 1.807) is 6.07 Å². The molecule has 3 N–H and O–H groups in total. The van der Waals surface area contributed by atoms with Gasteiger partial charge in [0.15, 0.2) is 0 Å². The summed E-state index contributed by atoms with van der Waals surface area (Å²) >= 11 is 0. The second-order valence-electron chi connectivity index (χ2n) is 4.32. The van der Waals surface area contributed by atoms with Gasteiger partial charge in [-0.1, -0.05) is 11.2 Å². The number of nitrogens with two attached hydrogens (primary N) is 1. The summed E-state index contributed by atoms with van der Waals surface area (Å²) in [5, 5.41) is 3.74. The molecule has 1 aromatic carbocycles. The molecule has 2 aromatic heterocycles. The molecule has 2 heterocycles. The van der Waals surface area contributed by atoms with Crippen LogP contribution < -0.4 is 11.3 Å². The Hall–Kier alpha value is -2.96. The quantitative estimate of drug-likeness (QED) is 0.759. The molecule has 0 saturated carbocycles. The lowest BCUT2D eigenvalue weighted by molar-refractivity contribution is 0.439.